The molecular formula is C16H26O. The van der Waals surface area contributed by atoms with Crippen molar-refractivity contribution >= 4 is 5.78 Å². The van der Waals surface area contributed by atoms with Crippen molar-refractivity contribution in [3.05, 3.63) is 12.2 Å². The Kier molecular flexibility index (Phi) is 3.47. The van der Waals surface area contributed by atoms with Crippen LogP contribution in [0.2, 0.25) is 0 Å². The molecule has 0 aromatic heterocycles. The molecule has 0 bridgehead atoms. The summed E-state index contributed by atoms with van der Waals surface area (Å²) in [4.78, 5) is 12.0. The SMILES string of the molecule is C=C(C)[C@H]1CC[C@H](CC)[C@]2(CCC(=O)[C@@H]2C)C1. The number of carbonyl (C=O) groups excluding carboxylic acids is 1. The van der Waals surface area contributed by atoms with Gasteiger partial charge in [-0.2, -0.15) is 0 Å². The van der Waals surface area contributed by atoms with Gasteiger partial charge >= 0.3 is 0 Å². The molecule has 2 aliphatic carbocycles. The standard InChI is InChI=1S/C16H26O/c1-5-14-7-6-13(11(2)3)10-16(14)9-8-15(17)12(16)4/h12-14H,2,5-10H2,1,3-4H3/t12-,13-,14-,16+/m0/s1. The van der Waals surface area contributed by atoms with Crippen LogP contribution < -0.4 is 0 Å². The summed E-state index contributed by atoms with van der Waals surface area (Å²) in [6.07, 6.45) is 6.99. The molecule has 1 nitrogen and oxygen atoms in total. The molecule has 1 spiro atoms. The van der Waals surface area contributed by atoms with E-state index in [0.29, 0.717) is 17.1 Å². The average Bonchev–Trinajstić information content (AvgIpc) is 2.58. The first kappa shape index (κ1) is 12.9. The molecular weight excluding hydrogens is 208 g/mol. The maximum atomic E-state index is 12.0. The fraction of sp³-hybridized carbons (Fsp3) is 0.812. The number of ketones is 1. The van der Waals surface area contributed by atoms with E-state index in [1.165, 1.54) is 31.3 Å². The van der Waals surface area contributed by atoms with Crippen molar-refractivity contribution in [3.63, 3.8) is 0 Å². The molecule has 0 radical (unpaired) electrons. The molecule has 1 heteroatoms. The number of hydrogen-bond acceptors (Lipinski definition) is 1. The highest BCUT2D eigenvalue weighted by Crippen LogP contribution is 2.57. The van der Waals surface area contributed by atoms with E-state index in [2.05, 4.69) is 27.4 Å². The van der Waals surface area contributed by atoms with Gasteiger partial charge in [0.05, 0.1) is 0 Å². The third kappa shape index (κ3) is 1.98. The van der Waals surface area contributed by atoms with Gasteiger partial charge in [0, 0.05) is 12.3 Å². The molecule has 4 atom stereocenters. The fourth-order valence-electron chi connectivity index (χ4n) is 4.39. The predicted molar refractivity (Wildman–Crippen MR) is 71.8 cm³/mol. The van der Waals surface area contributed by atoms with E-state index in [1.807, 2.05) is 0 Å². The van der Waals surface area contributed by atoms with Crippen molar-refractivity contribution in [2.75, 3.05) is 0 Å². The largest absolute Gasteiger partial charge is 0.299 e. The highest BCUT2D eigenvalue weighted by Gasteiger charge is 2.52. The van der Waals surface area contributed by atoms with Crippen LogP contribution in [0, 0.1) is 23.2 Å². The van der Waals surface area contributed by atoms with Crippen molar-refractivity contribution in [2.24, 2.45) is 23.2 Å². The molecule has 0 saturated heterocycles. The van der Waals surface area contributed by atoms with Crippen LogP contribution in [-0.4, -0.2) is 5.78 Å². The summed E-state index contributed by atoms with van der Waals surface area (Å²) in [6, 6.07) is 0. The van der Waals surface area contributed by atoms with Crippen molar-refractivity contribution in [1.82, 2.24) is 0 Å². The number of Topliss-reactive ketones (excluding diaryl/α,β-unsaturated/α-hetero) is 1. The van der Waals surface area contributed by atoms with Gasteiger partial charge in [0.15, 0.2) is 0 Å². The molecule has 0 aliphatic heterocycles. The maximum absolute atomic E-state index is 12.0. The summed E-state index contributed by atoms with van der Waals surface area (Å²) in [5.41, 5.74) is 1.64. The van der Waals surface area contributed by atoms with Crippen molar-refractivity contribution < 1.29 is 4.79 Å². The fourth-order valence-corrected chi connectivity index (χ4v) is 4.39. The van der Waals surface area contributed by atoms with Crippen molar-refractivity contribution in [1.29, 1.82) is 0 Å². The minimum absolute atomic E-state index is 0.287. The molecule has 0 aromatic rings. The highest BCUT2D eigenvalue weighted by molar-refractivity contribution is 5.84. The van der Waals surface area contributed by atoms with E-state index in [4.69, 9.17) is 0 Å². The van der Waals surface area contributed by atoms with Crippen LogP contribution in [0.25, 0.3) is 0 Å². The van der Waals surface area contributed by atoms with Gasteiger partial charge in [0.25, 0.3) is 0 Å². The van der Waals surface area contributed by atoms with Gasteiger partial charge in [-0.15, -0.1) is 0 Å². The van der Waals surface area contributed by atoms with E-state index >= 15 is 0 Å². The number of carbonyl (C=O) groups is 1. The molecule has 96 valence electrons. The summed E-state index contributed by atoms with van der Waals surface area (Å²) < 4.78 is 0. The van der Waals surface area contributed by atoms with E-state index < -0.39 is 0 Å². The zero-order chi connectivity index (χ0) is 12.6. The monoisotopic (exact) mass is 234 g/mol. The Morgan fingerprint density at radius 2 is 2.18 bits per heavy atom. The second-order valence-corrected chi connectivity index (χ2v) is 6.35. The van der Waals surface area contributed by atoms with Crippen molar-refractivity contribution in [3.8, 4) is 0 Å². The molecule has 0 N–H and O–H groups in total. The zero-order valence-electron chi connectivity index (χ0n) is 11.6. The van der Waals surface area contributed by atoms with Crippen LogP contribution in [0.3, 0.4) is 0 Å². The van der Waals surface area contributed by atoms with E-state index in [0.717, 1.165) is 18.8 Å². The van der Waals surface area contributed by atoms with Gasteiger partial charge in [0.2, 0.25) is 0 Å². The Labute approximate surface area is 106 Å². The second kappa shape index (κ2) is 4.59. The van der Waals surface area contributed by atoms with Crippen LogP contribution in [0.5, 0.6) is 0 Å². The number of allylic oxidation sites excluding steroid dienone is 1. The van der Waals surface area contributed by atoms with Crippen LogP contribution in [-0.2, 0) is 4.79 Å². The Balaban J connectivity index is 2.26. The summed E-state index contributed by atoms with van der Waals surface area (Å²) >= 11 is 0. The lowest BCUT2D eigenvalue weighted by Crippen LogP contribution is -2.40. The van der Waals surface area contributed by atoms with E-state index in [1.54, 1.807) is 0 Å². The van der Waals surface area contributed by atoms with Gasteiger partial charge in [-0.05, 0) is 49.9 Å². The lowest BCUT2D eigenvalue weighted by molar-refractivity contribution is -0.123. The van der Waals surface area contributed by atoms with Gasteiger partial charge in [-0.3, -0.25) is 4.79 Å². The topological polar surface area (TPSA) is 17.1 Å². The maximum Gasteiger partial charge on any atom is 0.136 e. The lowest BCUT2D eigenvalue weighted by Gasteiger charge is -2.47. The summed E-state index contributed by atoms with van der Waals surface area (Å²) in [6.45, 7) is 10.8. The average molecular weight is 234 g/mol. The highest BCUT2D eigenvalue weighted by atomic mass is 16.1. The first-order chi connectivity index (χ1) is 8.01. The minimum atomic E-state index is 0.287. The second-order valence-electron chi connectivity index (χ2n) is 6.35. The minimum Gasteiger partial charge on any atom is -0.299 e. The summed E-state index contributed by atoms with van der Waals surface area (Å²) in [5.74, 6) is 2.21. The van der Waals surface area contributed by atoms with Crippen LogP contribution in [0.1, 0.15) is 59.3 Å². The normalized spacial score (nSPS) is 42.1. The van der Waals surface area contributed by atoms with Crippen LogP contribution in [0.4, 0.5) is 0 Å². The molecule has 2 saturated carbocycles. The Bertz CT molecular complexity index is 330. The smallest absolute Gasteiger partial charge is 0.136 e. The zero-order valence-corrected chi connectivity index (χ0v) is 11.6. The lowest BCUT2D eigenvalue weighted by atomic mass is 9.57. The molecule has 0 amide bonds. The van der Waals surface area contributed by atoms with Gasteiger partial charge in [0.1, 0.15) is 5.78 Å². The molecule has 0 aromatic carbocycles. The first-order valence-electron chi connectivity index (χ1n) is 7.19. The predicted octanol–water partition coefficient (Wildman–Crippen LogP) is 4.37. The Morgan fingerprint density at radius 1 is 1.47 bits per heavy atom. The van der Waals surface area contributed by atoms with Crippen LogP contribution in [0.15, 0.2) is 12.2 Å². The molecule has 2 aliphatic rings. The Morgan fingerprint density at radius 3 is 2.65 bits per heavy atom. The number of hydrogen-bond donors (Lipinski definition) is 0. The van der Waals surface area contributed by atoms with E-state index in [-0.39, 0.29) is 5.92 Å². The third-order valence-electron chi connectivity index (χ3n) is 5.67. The summed E-state index contributed by atoms with van der Waals surface area (Å²) in [5, 5.41) is 0. The van der Waals surface area contributed by atoms with Gasteiger partial charge < -0.3 is 0 Å². The van der Waals surface area contributed by atoms with Gasteiger partial charge in [-0.25, -0.2) is 0 Å². The molecule has 0 unspecified atom stereocenters. The summed E-state index contributed by atoms with van der Waals surface area (Å²) in [7, 11) is 0. The molecule has 2 rings (SSSR count). The van der Waals surface area contributed by atoms with Gasteiger partial charge in [-0.1, -0.05) is 32.4 Å². The Hall–Kier alpha value is -0.590. The molecule has 2 fully saturated rings. The molecule has 0 heterocycles. The van der Waals surface area contributed by atoms with Crippen molar-refractivity contribution in [2.45, 2.75) is 59.3 Å². The number of rotatable bonds is 2. The van der Waals surface area contributed by atoms with Crippen LogP contribution >= 0.6 is 0 Å². The third-order valence-corrected chi connectivity index (χ3v) is 5.67. The van der Waals surface area contributed by atoms with E-state index in [9.17, 15) is 4.79 Å². The quantitative estimate of drug-likeness (QED) is 0.648. The first-order valence-corrected chi connectivity index (χ1v) is 7.19. The molecule has 17 heavy (non-hydrogen) atoms.